The predicted octanol–water partition coefficient (Wildman–Crippen LogP) is 1.69. The molecule has 1 unspecified atom stereocenters. The highest BCUT2D eigenvalue weighted by Gasteiger charge is 2.07. The number of benzene rings is 1. The van der Waals surface area contributed by atoms with Gasteiger partial charge in [0.2, 0.25) is 0 Å². The maximum Gasteiger partial charge on any atom is 0.146 e. The third-order valence-electron chi connectivity index (χ3n) is 1.95. The van der Waals surface area contributed by atoms with E-state index in [1.807, 2.05) is 6.92 Å². The van der Waals surface area contributed by atoms with Crippen molar-refractivity contribution < 1.29 is 14.2 Å². The Morgan fingerprint density at radius 3 is 2.67 bits per heavy atom. The van der Waals surface area contributed by atoms with Crippen LogP contribution in [0, 0.1) is 0 Å². The molecule has 0 aliphatic rings. The van der Waals surface area contributed by atoms with E-state index in [0.29, 0.717) is 18.0 Å². The molecule has 0 bridgehead atoms. The summed E-state index contributed by atoms with van der Waals surface area (Å²) in [7, 11) is 3.24. The molecule has 0 amide bonds. The molecule has 0 spiro atoms. The monoisotopic (exact) mass is 211 g/mol. The van der Waals surface area contributed by atoms with Crippen molar-refractivity contribution in [2.75, 3.05) is 26.6 Å². The first-order chi connectivity index (χ1) is 7.17. The summed E-state index contributed by atoms with van der Waals surface area (Å²) in [5.41, 5.74) is 6.36. The summed E-state index contributed by atoms with van der Waals surface area (Å²) in [6, 6.07) is 5.32. The zero-order valence-corrected chi connectivity index (χ0v) is 9.32. The van der Waals surface area contributed by atoms with E-state index in [2.05, 4.69) is 0 Å². The molecule has 15 heavy (non-hydrogen) atoms. The highest BCUT2D eigenvalue weighted by atomic mass is 16.5. The predicted molar refractivity (Wildman–Crippen MR) is 59.4 cm³/mol. The Balaban J connectivity index is 2.74. The lowest BCUT2D eigenvalue weighted by Crippen LogP contribution is -2.18. The van der Waals surface area contributed by atoms with Crippen LogP contribution in [-0.2, 0) is 4.74 Å². The second-order valence-corrected chi connectivity index (χ2v) is 3.29. The molecule has 1 rings (SSSR count). The number of anilines is 1. The average Bonchev–Trinajstić information content (AvgIpc) is 2.21. The van der Waals surface area contributed by atoms with Gasteiger partial charge in [0.15, 0.2) is 0 Å². The molecule has 4 heteroatoms. The topological polar surface area (TPSA) is 53.7 Å². The first kappa shape index (κ1) is 11.7. The van der Waals surface area contributed by atoms with Gasteiger partial charge in [-0.25, -0.2) is 0 Å². The Labute approximate surface area is 89.9 Å². The van der Waals surface area contributed by atoms with Crippen molar-refractivity contribution in [3.05, 3.63) is 18.2 Å². The van der Waals surface area contributed by atoms with Gasteiger partial charge in [-0.05, 0) is 19.1 Å². The molecular formula is C11H17NO3. The molecule has 0 aliphatic heterocycles. The summed E-state index contributed by atoms with van der Waals surface area (Å²) in [4.78, 5) is 0. The van der Waals surface area contributed by atoms with Crippen molar-refractivity contribution in [3.8, 4) is 11.5 Å². The number of nitrogens with two attached hydrogens (primary N) is 1. The molecule has 0 heterocycles. The van der Waals surface area contributed by atoms with Crippen molar-refractivity contribution in [2.24, 2.45) is 0 Å². The third-order valence-corrected chi connectivity index (χ3v) is 1.95. The minimum atomic E-state index is -0.0376. The maximum absolute atomic E-state index is 5.77. The van der Waals surface area contributed by atoms with Gasteiger partial charge >= 0.3 is 0 Å². The number of rotatable bonds is 5. The lowest BCUT2D eigenvalue weighted by molar-refractivity contribution is 0.0924. The van der Waals surface area contributed by atoms with Crippen molar-refractivity contribution in [3.63, 3.8) is 0 Å². The fourth-order valence-electron chi connectivity index (χ4n) is 1.23. The van der Waals surface area contributed by atoms with E-state index < -0.39 is 0 Å². The summed E-state index contributed by atoms with van der Waals surface area (Å²) in [5.74, 6) is 1.35. The standard InChI is InChI=1S/C11H17NO3/c1-8(7-13-2)15-11-6-9(14-3)4-5-10(11)12/h4-6,8H,7,12H2,1-3H3. The zero-order valence-electron chi connectivity index (χ0n) is 9.32. The first-order valence-electron chi connectivity index (χ1n) is 4.76. The zero-order chi connectivity index (χ0) is 11.3. The van der Waals surface area contributed by atoms with Gasteiger partial charge in [0.1, 0.15) is 17.6 Å². The highest BCUT2D eigenvalue weighted by molar-refractivity contribution is 5.55. The van der Waals surface area contributed by atoms with Crippen LogP contribution in [0.2, 0.25) is 0 Å². The van der Waals surface area contributed by atoms with Crippen LogP contribution in [0.3, 0.4) is 0 Å². The number of nitrogen functional groups attached to an aromatic ring is 1. The van der Waals surface area contributed by atoms with E-state index >= 15 is 0 Å². The van der Waals surface area contributed by atoms with Crippen LogP contribution in [0.5, 0.6) is 11.5 Å². The van der Waals surface area contributed by atoms with Gasteiger partial charge in [-0.1, -0.05) is 0 Å². The van der Waals surface area contributed by atoms with Crippen LogP contribution in [0.15, 0.2) is 18.2 Å². The van der Waals surface area contributed by atoms with Gasteiger partial charge in [0, 0.05) is 13.2 Å². The minimum Gasteiger partial charge on any atom is -0.497 e. The van der Waals surface area contributed by atoms with Gasteiger partial charge in [-0.2, -0.15) is 0 Å². The molecule has 1 aromatic carbocycles. The fourth-order valence-corrected chi connectivity index (χ4v) is 1.23. The Morgan fingerprint density at radius 2 is 2.07 bits per heavy atom. The van der Waals surface area contributed by atoms with Gasteiger partial charge in [0.05, 0.1) is 19.4 Å². The van der Waals surface area contributed by atoms with Gasteiger partial charge in [0.25, 0.3) is 0 Å². The van der Waals surface area contributed by atoms with Crippen molar-refractivity contribution in [1.82, 2.24) is 0 Å². The van der Waals surface area contributed by atoms with E-state index in [4.69, 9.17) is 19.9 Å². The smallest absolute Gasteiger partial charge is 0.146 e. The molecule has 0 aliphatic carbocycles. The number of methoxy groups -OCH3 is 2. The average molecular weight is 211 g/mol. The van der Waals surface area contributed by atoms with Crippen LogP contribution < -0.4 is 15.2 Å². The Bertz CT molecular complexity index is 315. The summed E-state index contributed by atoms with van der Waals surface area (Å²) >= 11 is 0. The van der Waals surface area contributed by atoms with Crippen LogP contribution in [0.1, 0.15) is 6.92 Å². The van der Waals surface area contributed by atoms with Crippen LogP contribution in [0.4, 0.5) is 5.69 Å². The fraction of sp³-hybridized carbons (Fsp3) is 0.455. The maximum atomic E-state index is 5.77. The molecule has 1 aromatic rings. The van der Waals surface area contributed by atoms with E-state index in [0.717, 1.165) is 5.75 Å². The number of hydrogen-bond donors (Lipinski definition) is 1. The number of hydrogen-bond acceptors (Lipinski definition) is 4. The van der Waals surface area contributed by atoms with E-state index in [-0.39, 0.29) is 6.10 Å². The highest BCUT2D eigenvalue weighted by Crippen LogP contribution is 2.27. The summed E-state index contributed by atoms with van der Waals surface area (Å²) in [6.45, 7) is 2.44. The molecule has 84 valence electrons. The summed E-state index contributed by atoms with van der Waals surface area (Å²) in [5, 5.41) is 0. The van der Waals surface area contributed by atoms with Crippen molar-refractivity contribution in [1.29, 1.82) is 0 Å². The first-order valence-corrected chi connectivity index (χ1v) is 4.76. The second-order valence-electron chi connectivity index (χ2n) is 3.29. The minimum absolute atomic E-state index is 0.0376. The van der Waals surface area contributed by atoms with E-state index in [1.165, 1.54) is 0 Å². The second kappa shape index (κ2) is 5.46. The SMILES string of the molecule is COCC(C)Oc1cc(OC)ccc1N. The lowest BCUT2D eigenvalue weighted by Gasteiger charge is -2.15. The largest absolute Gasteiger partial charge is 0.497 e. The van der Waals surface area contributed by atoms with Crippen molar-refractivity contribution >= 4 is 5.69 Å². The molecular weight excluding hydrogens is 194 g/mol. The Kier molecular flexibility index (Phi) is 4.24. The molecule has 0 aromatic heterocycles. The van der Waals surface area contributed by atoms with E-state index in [9.17, 15) is 0 Å². The van der Waals surface area contributed by atoms with Crippen LogP contribution in [-0.4, -0.2) is 26.9 Å². The van der Waals surface area contributed by atoms with Gasteiger partial charge in [-0.3, -0.25) is 0 Å². The quantitative estimate of drug-likeness (QED) is 0.753. The van der Waals surface area contributed by atoms with E-state index in [1.54, 1.807) is 32.4 Å². The molecule has 4 nitrogen and oxygen atoms in total. The molecule has 1 atom stereocenters. The van der Waals surface area contributed by atoms with Gasteiger partial charge < -0.3 is 19.9 Å². The normalized spacial score (nSPS) is 12.2. The third kappa shape index (κ3) is 3.32. The Morgan fingerprint density at radius 1 is 1.33 bits per heavy atom. The summed E-state index contributed by atoms with van der Waals surface area (Å²) < 4.78 is 15.7. The molecule has 0 fully saturated rings. The van der Waals surface area contributed by atoms with Crippen LogP contribution in [0.25, 0.3) is 0 Å². The molecule has 0 saturated carbocycles. The lowest BCUT2D eigenvalue weighted by atomic mass is 10.3. The van der Waals surface area contributed by atoms with Crippen LogP contribution >= 0.6 is 0 Å². The number of ether oxygens (including phenoxy) is 3. The molecule has 0 radical (unpaired) electrons. The van der Waals surface area contributed by atoms with Gasteiger partial charge in [-0.15, -0.1) is 0 Å². The molecule has 2 N–H and O–H groups in total. The molecule has 0 saturated heterocycles. The summed E-state index contributed by atoms with van der Waals surface area (Å²) in [6.07, 6.45) is -0.0376. The van der Waals surface area contributed by atoms with Crippen molar-refractivity contribution in [2.45, 2.75) is 13.0 Å². The Hall–Kier alpha value is -1.42.